The SMILES string of the molecule is CC(=O)[C@H]1CC(C(=O)Nc2cccc(C#N)c2)=NN1c1ccccc1. The van der Waals surface area contributed by atoms with Gasteiger partial charge in [0.25, 0.3) is 5.91 Å². The van der Waals surface area contributed by atoms with Gasteiger partial charge in [-0.05, 0) is 37.3 Å². The molecule has 6 nitrogen and oxygen atoms in total. The first-order chi connectivity index (χ1) is 12.1. The molecular formula is C19H16N4O2. The number of benzene rings is 2. The molecule has 0 aromatic heterocycles. The van der Waals surface area contributed by atoms with E-state index in [1.54, 1.807) is 29.3 Å². The van der Waals surface area contributed by atoms with Crippen molar-refractivity contribution in [2.24, 2.45) is 5.10 Å². The smallest absolute Gasteiger partial charge is 0.271 e. The number of carbonyl (C=O) groups is 2. The second-order valence-corrected chi connectivity index (χ2v) is 5.70. The number of para-hydroxylation sites is 1. The Morgan fingerprint density at radius 3 is 2.64 bits per heavy atom. The quantitative estimate of drug-likeness (QED) is 0.933. The molecule has 1 atom stereocenters. The predicted octanol–water partition coefficient (Wildman–Crippen LogP) is 2.72. The van der Waals surface area contributed by atoms with E-state index in [2.05, 4.69) is 10.4 Å². The number of carbonyl (C=O) groups excluding carboxylic acids is 2. The van der Waals surface area contributed by atoms with E-state index < -0.39 is 6.04 Å². The van der Waals surface area contributed by atoms with Crippen LogP contribution >= 0.6 is 0 Å². The second-order valence-electron chi connectivity index (χ2n) is 5.70. The van der Waals surface area contributed by atoms with Crippen LogP contribution in [0.2, 0.25) is 0 Å². The van der Waals surface area contributed by atoms with E-state index >= 15 is 0 Å². The minimum absolute atomic E-state index is 0.0538. The molecule has 1 amide bonds. The zero-order chi connectivity index (χ0) is 17.8. The summed E-state index contributed by atoms with van der Waals surface area (Å²) in [5.41, 5.74) is 2.02. The molecule has 0 spiro atoms. The Balaban J connectivity index is 1.82. The largest absolute Gasteiger partial charge is 0.321 e. The first-order valence-corrected chi connectivity index (χ1v) is 7.82. The Labute approximate surface area is 145 Å². The Morgan fingerprint density at radius 2 is 1.96 bits per heavy atom. The minimum Gasteiger partial charge on any atom is -0.321 e. The number of hydrogen-bond donors (Lipinski definition) is 1. The zero-order valence-electron chi connectivity index (χ0n) is 13.6. The molecule has 3 rings (SSSR count). The topological polar surface area (TPSA) is 85.6 Å². The van der Waals surface area contributed by atoms with Crippen LogP contribution in [0.4, 0.5) is 11.4 Å². The second kappa shape index (κ2) is 6.97. The number of hydrogen-bond acceptors (Lipinski definition) is 5. The third-order valence-electron chi connectivity index (χ3n) is 3.91. The Hall–Kier alpha value is -3.46. The third-order valence-corrected chi connectivity index (χ3v) is 3.91. The van der Waals surface area contributed by atoms with Crippen LogP contribution in [0, 0.1) is 11.3 Å². The molecule has 0 fully saturated rings. The van der Waals surface area contributed by atoms with Crippen molar-refractivity contribution in [3.63, 3.8) is 0 Å². The van der Waals surface area contributed by atoms with Crippen molar-refractivity contribution < 1.29 is 9.59 Å². The molecule has 6 heteroatoms. The lowest BCUT2D eigenvalue weighted by molar-refractivity contribution is -0.118. The van der Waals surface area contributed by atoms with Crippen LogP contribution in [0.5, 0.6) is 0 Å². The molecule has 1 N–H and O–H groups in total. The van der Waals surface area contributed by atoms with Crippen molar-refractivity contribution in [2.45, 2.75) is 19.4 Å². The molecule has 1 aliphatic rings. The van der Waals surface area contributed by atoms with E-state index in [9.17, 15) is 9.59 Å². The summed E-state index contributed by atoms with van der Waals surface area (Å²) >= 11 is 0. The van der Waals surface area contributed by atoms with Gasteiger partial charge in [0.2, 0.25) is 0 Å². The number of hydrazone groups is 1. The molecule has 0 saturated heterocycles. The fraction of sp³-hybridized carbons (Fsp3) is 0.158. The Morgan fingerprint density at radius 1 is 1.20 bits per heavy atom. The van der Waals surface area contributed by atoms with E-state index in [1.165, 1.54) is 6.92 Å². The number of rotatable bonds is 4. The lowest BCUT2D eigenvalue weighted by Gasteiger charge is -2.20. The van der Waals surface area contributed by atoms with Crippen molar-refractivity contribution in [2.75, 3.05) is 10.3 Å². The standard InChI is InChI=1S/C19H16N4O2/c1-13(24)18-11-17(22-23(18)16-8-3-2-4-9-16)19(25)21-15-7-5-6-14(10-15)12-20/h2-10,18H,11H2,1H3,(H,21,25)/t18-/m1/s1. The van der Waals surface area contributed by atoms with Crippen molar-refractivity contribution in [1.82, 2.24) is 0 Å². The van der Waals surface area contributed by atoms with Crippen molar-refractivity contribution in [1.29, 1.82) is 5.26 Å². The molecule has 0 radical (unpaired) electrons. The van der Waals surface area contributed by atoms with E-state index in [0.29, 0.717) is 11.3 Å². The molecule has 1 aliphatic heterocycles. The highest BCUT2D eigenvalue weighted by Gasteiger charge is 2.34. The summed E-state index contributed by atoms with van der Waals surface area (Å²) in [6.07, 6.45) is 0.244. The monoisotopic (exact) mass is 332 g/mol. The summed E-state index contributed by atoms with van der Waals surface area (Å²) in [7, 11) is 0. The lowest BCUT2D eigenvalue weighted by Crippen LogP contribution is -2.33. The van der Waals surface area contributed by atoms with Crippen LogP contribution in [0.15, 0.2) is 59.7 Å². The van der Waals surface area contributed by atoms with Gasteiger partial charge in [-0.2, -0.15) is 10.4 Å². The summed E-state index contributed by atoms with van der Waals surface area (Å²) in [5.74, 6) is -0.429. The van der Waals surface area contributed by atoms with Gasteiger partial charge in [-0.15, -0.1) is 0 Å². The normalized spacial score (nSPS) is 16.1. The van der Waals surface area contributed by atoms with Crippen molar-refractivity contribution in [3.8, 4) is 6.07 Å². The first-order valence-electron chi connectivity index (χ1n) is 7.82. The van der Waals surface area contributed by atoms with Crippen LogP contribution < -0.4 is 10.3 Å². The fourth-order valence-electron chi connectivity index (χ4n) is 2.65. The third kappa shape index (κ3) is 3.56. The molecule has 124 valence electrons. The predicted molar refractivity (Wildman–Crippen MR) is 95.2 cm³/mol. The van der Waals surface area contributed by atoms with E-state index in [1.807, 2.05) is 36.4 Å². The fourth-order valence-corrected chi connectivity index (χ4v) is 2.65. The zero-order valence-corrected chi connectivity index (χ0v) is 13.6. The summed E-state index contributed by atoms with van der Waals surface area (Å²) in [5, 5.41) is 17.6. The Kier molecular flexibility index (Phi) is 4.57. The van der Waals surface area contributed by atoms with Gasteiger partial charge in [0, 0.05) is 12.1 Å². The van der Waals surface area contributed by atoms with Crippen LogP contribution in [0.25, 0.3) is 0 Å². The average Bonchev–Trinajstić information content (AvgIpc) is 3.08. The van der Waals surface area contributed by atoms with Gasteiger partial charge < -0.3 is 5.32 Å². The maximum Gasteiger partial charge on any atom is 0.271 e. The first kappa shape index (κ1) is 16.4. The molecule has 2 aromatic carbocycles. The maximum atomic E-state index is 12.5. The summed E-state index contributed by atoms with van der Waals surface area (Å²) < 4.78 is 0. The lowest BCUT2D eigenvalue weighted by atomic mass is 10.1. The van der Waals surface area contributed by atoms with E-state index in [0.717, 1.165) is 5.69 Å². The molecule has 0 bridgehead atoms. The summed E-state index contributed by atoms with van der Waals surface area (Å²) in [6.45, 7) is 1.49. The van der Waals surface area contributed by atoms with Gasteiger partial charge in [0.05, 0.1) is 17.3 Å². The molecular weight excluding hydrogens is 316 g/mol. The average molecular weight is 332 g/mol. The Bertz CT molecular complexity index is 884. The molecule has 2 aromatic rings. The van der Waals surface area contributed by atoms with Crippen molar-refractivity contribution >= 4 is 28.8 Å². The number of Topliss-reactive ketones (excluding diaryl/α,β-unsaturated/α-hetero) is 1. The van der Waals surface area contributed by atoms with Crippen LogP contribution in [0.3, 0.4) is 0 Å². The number of nitrogens with zero attached hydrogens (tertiary/aromatic N) is 3. The maximum absolute atomic E-state index is 12.5. The van der Waals surface area contributed by atoms with E-state index in [-0.39, 0.29) is 23.8 Å². The minimum atomic E-state index is -0.492. The molecule has 0 saturated carbocycles. The summed E-state index contributed by atoms with van der Waals surface area (Å²) in [6, 6.07) is 17.4. The van der Waals surface area contributed by atoms with Crippen LogP contribution in [-0.2, 0) is 9.59 Å². The van der Waals surface area contributed by atoms with Crippen LogP contribution in [-0.4, -0.2) is 23.4 Å². The number of nitrogens with one attached hydrogen (secondary N) is 1. The number of ketones is 1. The summed E-state index contributed by atoms with van der Waals surface area (Å²) in [4.78, 5) is 24.5. The van der Waals surface area contributed by atoms with Gasteiger partial charge in [-0.3, -0.25) is 14.6 Å². The number of anilines is 2. The van der Waals surface area contributed by atoms with E-state index in [4.69, 9.17) is 5.26 Å². The van der Waals surface area contributed by atoms with Gasteiger partial charge >= 0.3 is 0 Å². The van der Waals surface area contributed by atoms with Gasteiger partial charge in [0.1, 0.15) is 11.8 Å². The van der Waals surface area contributed by atoms with Gasteiger partial charge in [-0.25, -0.2) is 0 Å². The van der Waals surface area contributed by atoms with Gasteiger partial charge in [-0.1, -0.05) is 24.3 Å². The number of nitriles is 1. The molecule has 1 heterocycles. The molecule has 0 unspecified atom stereocenters. The van der Waals surface area contributed by atoms with Crippen molar-refractivity contribution in [3.05, 3.63) is 60.2 Å². The molecule has 0 aliphatic carbocycles. The highest BCUT2D eigenvalue weighted by Crippen LogP contribution is 2.25. The highest BCUT2D eigenvalue weighted by molar-refractivity contribution is 6.44. The van der Waals surface area contributed by atoms with Crippen LogP contribution in [0.1, 0.15) is 18.9 Å². The van der Waals surface area contributed by atoms with Gasteiger partial charge in [0.15, 0.2) is 5.78 Å². The number of amides is 1. The molecule has 25 heavy (non-hydrogen) atoms. The highest BCUT2D eigenvalue weighted by atomic mass is 16.2.